The first kappa shape index (κ1) is 12.4. The lowest BCUT2D eigenvalue weighted by Crippen LogP contribution is -2.09. The lowest BCUT2D eigenvalue weighted by molar-refractivity contribution is 0.466. The third-order valence-corrected chi connectivity index (χ3v) is 2.54. The van der Waals surface area contributed by atoms with Gasteiger partial charge in [-0.05, 0) is 39.0 Å². The predicted molar refractivity (Wildman–Crippen MR) is 71.7 cm³/mol. The molecule has 0 saturated heterocycles. The fraction of sp³-hybridized carbons (Fsp3) is 0.385. The summed E-state index contributed by atoms with van der Waals surface area (Å²) in [6, 6.07) is 5.84. The minimum atomic E-state index is 0.0723. The summed E-state index contributed by atoms with van der Waals surface area (Å²) in [6.07, 6.45) is 1.73. The van der Waals surface area contributed by atoms with Crippen LogP contribution in [0.15, 0.2) is 28.8 Å². The average molecular weight is 246 g/mol. The number of aromatic nitrogens is 2. The smallest absolute Gasteiger partial charge is 0.224 e. The predicted octanol–water partition coefficient (Wildman–Crippen LogP) is 2.98. The number of hydrogen-bond acceptors (Lipinski definition) is 5. The summed E-state index contributed by atoms with van der Waals surface area (Å²) in [7, 11) is 0. The molecule has 2 N–H and O–H groups in total. The van der Waals surface area contributed by atoms with E-state index in [0.29, 0.717) is 5.95 Å². The van der Waals surface area contributed by atoms with Crippen LogP contribution in [0.3, 0.4) is 0 Å². The minimum Gasteiger partial charge on any atom is -0.464 e. The van der Waals surface area contributed by atoms with E-state index >= 15 is 0 Å². The quantitative estimate of drug-likeness (QED) is 0.849. The lowest BCUT2D eigenvalue weighted by atomic mass is 10.2. The van der Waals surface area contributed by atoms with Crippen molar-refractivity contribution < 1.29 is 4.42 Å². The largest absolute Gasteiger partial charge is 0.464 e. The fourth-order valence-electron chi connectivity index (χ4n) is 1.66. The van der Waals surface area contributed by atoms with E-state index < -0.39 is 0 Å². The Labute approximate surface area is 107 Å². The highest BCUT2D eigenvalue weighted by atomic mass is 16.3. The molecule has 2 rings (SSSR count). The van der Waals surface area contributed by atoms with Gasteiger partial charge in [0.25, 0.3) is 0 Å². The molecule has 96 valence electrons. The van der Waals surface area contributed by atoms with Crippen molar-refractivity contribution in [3.05, 3.63) is 35.9 Å². The summed E-state index contributed by atoms with van der Waals surface area (Å²) in [5, 5.41) is 6.36. The molecule has 0 bridgehead atoms. The summed E-state index contributed by atoms with van der Waals surface area (Å²) >= 11 is 0. The molecule has 2 heterocycles. The van der Waals surface area contributed by atoms with Crippen molar-refractivity contribution in [2.45, 2.75) is 26.8 Å². The Balaban J connectivity index is 2.06. The molecule has 2 aromatic rings. The van der Waals surface area contributed by atoms with Crippen molar-refractivity contribution in [3.63, 3.8) is 0 Å². The zero-order valence-corrected chi connectivity index (χ0v) is 10.9. The number of furan rings is 1. The van der Waals surface area contributed by atoms with E-state index in [9.17, 15) is 0 Å². The number of rotatable bonds is 5. The molecule has 0 aromatic carbocycles. The van der Waals surface area contributed by atoms with Gasteiger partial charge in [0.15, 0.2) is 0 Å². The second-order valence-corrected chi connectivity index (χ2v) is 4.11. The lowest BCUT2D eigenvalue weighted by Gasteiger charge is -2.12. The molecule has 1 atom stereocenters. The van der Waals surface area contributed by atoms with Crippen molar-refractivity contribution in [2.24, 2.45) is 0 Å². The van der Waals surface area contributed by atoms with Gasteiger partial charge in [0.1, 0.15) is 17.3 Å². The Bertz CT molecular complexity index is 509. The SMILES string of the molecule is CCNc1nccc(NC(C)c2ccc(C)o2)n1. The maximum absolute atomic E-state index is 5.57. The molecule has 0 aliphatic rings. The van der Waals surface area contributed by atoms with E-state index in [4.69, 9.17) is 4.42 Å². The molecule has 2 aromatic heterocycles. The van der Waals surface area contributed by atoms with Gasteiger partial charge in [-0.1, -0.05) is 0 Å². The Morgan fingerprint density at radius 1 is 1.33 bits per heavy atom. The fourth-order valence-corrected chi connectivity index (χ4v) is 1.66. The van der Waals surface area contributed by atoms with Crippen molar-refractivity contribution in [1.29, 1.82) is 0 Å². The molecule has 0 saturated carbocycles. The first-order valence-corrected chi connectivity index (χ1v) is 6.09. The molecule has 5 heteroatoms. The highest BCUT2D eigenvalue weighted by Crippen LogP contribution is 2.20. The summed E-state index contributed by atoms with van der Waals surface area (Å²) in [5.41, 5.74) is 0. The van der Waals surface area contributed by atoms with Crippen LogP contribution in [0, 0.1) is 6.92 Å². The van der Waals surface area contributed by atoms with Crippen molar-refractivity contribution in [1.82, 2.24) is 9.97 Å². The first-order valence-electron chi connectivity index (χ1n) is 6.09. The van der Waals surface area contributed by atoms with Crippen LogP contribution in [0.5, 0.6) is 0 Å². The van der Waals surface area contributed by atoms with Crippen molar-refractivity contribution in [2.75, 3.05) is 17.2 Å². The summed E-state index contributed by atoms with van der Waals surface area (Å²) in [5.74, 6) is 3.22. The Hall–Kier alpha value is -2.04. The number of hydrogen-bond donors (Lipinski definition) is 2. The molecule has 1 unspecified atom stereocenters. The second-order valence-electron chi connectivity index (χ2n) is 4.11. The number of anilines is 2. The van der Waals surface area contributed by atoms with Crippen LogP contribution < -0.4 is 10.6 Å². The summed E-state index contributed by atoms with van der Waals surface area (Å²) < 4.78 is 5.57. The van der Waals surface area contributed by atoms with Gasteiger partial charge in [-0.25, -0.2) is 4.98 Å². The monoisotopic (exact) mass is 246 g/mol. The third kappa shape index (κ3) is 3.00. The highest BCUT2D eigenvalue weighted by Gasteiger charge is 2.10. The summed E-state index contributed by atoms with van der Waals surface area (Å²) in [4.78, 5) is 8.49. The van der Waals surface area contributed by atoms with Gasteiger partial charge in [0, 0.05) is 12.7 Å². The zero-order chi connectivity index (χ0) is 13.0. The summed E-state index contributed by atoms with van der Waals surface area (Å²) in [6.45, 7) is 6.78. The Morgan fingerprint density at radius 2 is 2.17 bits per heavy atom. The van der Waals surface area contributed by atoms with Gasteiger partial charge in [-0.3, -0.25) is 0 Å². The molecule has 0 radical (unpaired) electrons. The highest BCUT2D eigenvalue weighted by molar-refractivity contribution is 5.41. The van der Waals surface area contributed by atoms with Crippen LogP contribution in [0.4, 0.5) is 11.8 Å². The van der Waals surface area contributed by atoms with Crippen LogP contribution >= 0.6 is 0 Å². The number of aryl methyl sites for hydroxylation is 1. The van der Waals surface area contributed by atoms with E-state index in [1.54, 1.807) is 6.20 Å². The van der Waals surface area contributed by atoms with E-state index in [1.807, 2.05) is 39.0 Å². The van der Waals surface area contributed by atoms with Gasteiger partial charge in [0.05, 0.1) is 6.04 Å². The molecule has 0 aliphatic carbocycles. The van der Waals surface area contributed by atoms with Crippen LogP contribution in [0.2, 0.25) is 0 Å². The average Bonchev–Trinajstić information content (AvgIpc) is 2.77. The van der Waals surface area contributed by atoms with E-state index in [0.717, 1.165) is 23.9 Å². The van der Waals surface area contributed by atoms with Crippen molar-refractivity contribution in [3.8, 4) is 0 Å². The van der Waals surface area contributed by atoms with Gasteiger partial charge >= 0.3 is 0 Å². The van der Waals surface area contributed by atoms with E-state index in [-0.39, 0.29) is 6.04 Å². The first-order chi connectivity index (χ1) is 8.69. The number of nitrogens with zero attached hydrogens (tertiary/aromatic N) is 2. The number of nitrogens with one attached hydrogen (secondary N) is 2. The molecule has 0 amide bonds. The van der Waals surface area contributed by atoms with Crippen LogP contribution in [-0.2, 0) is 0 Å². The van der Waals surface area contributed by atoms with Crippen LogP contribution in [-0.4, -0.2) is 16.5 Å². The maximum atomic E-state index is 5.57. The Kier molecular flexibility index (Phi) is 3.82. The molecular formula is C13H18N4O. The third-order valence-electron chi connectivity index (χ3n) is 2.54. The zero-order valence-electron chi connectivity index (χ0n) is 10.9. The maximum Gasteiger partial charge on any atom is 0.224 e. The minimum absolute atomic E-state index is 0.0723. The molecule has 18 heavy (non-hydrogen) atoms. The standard InChI is InChI=1S/C13H18N4O/c1-4-14-13-15-8-7-12(17-13)16-10(3)11-6-5-9(2)18-11/h5-8,10H,4H2,1-3H3,(H2,14,15,16,17). The normalized spacial score (nSPS) is 12.2. The van der Waals surface area contributed by atoms with Crippen LogP contribution in [0.25, 0.3) is 0 Å². The second kappa shape index (κ2) is 5.53. The van der Waals surface area contributed by atoms with Crippen LogP contribution in [0.1, 0.15) is 31.4 Å². The van der Waals surface area contributed by atoms with Gasteiger partial charge in [0.2, 0.25) is 5.95 Å². The van der Waals surface area contributed by atoms with E-state index in [2.05, 4.69) is 20.6 Å². The van der Waals surface area contributed by atoms with Gasteiger partial charge in [-0.15, -0.1) is 0 Å². The van der Waals surface area contributed by atoms with Crippen molar-refractivity contribution >= 4 is 11.8 Å². The molecule has 0 spiro atoms. The van der Waals surface area contributed by atoms with Gasteiger partial charge < -0.3 is 15.1 Å². The van der Waals surface area contributed by atoms with E-state index in [1.165, 1.54) is 0 Å². The molecule has 5 nitrogen and oxygen atoms in total. The molecular weight excluding hydrogens is 228 g/mol. The topological polar surface area (TPSA) is 63.0 Å². The Morgan fingerprint density at radius 3 is 2.83 bits per heavy atom. The molecule has 0 fully saturated rings. The molecule has 0 aliphatic heterocycles. The van der Waals surface area contributed by atoms with Gasteiger partial charge in [-0.2, -0.15) is 4.98 Å².